The van der Waals surface area contributed by atoms with Crippen LogP contribution < -0.4 is 5.32 Å². The molecule has 0 atom stereocenters. The Balaban J connectivity index is 1.96. The van der Waals surface area contributed by atoms with Crippen molar-refractivity contribution < 1.29 is 4.79 Å². The van der Waals surface area contributed by atoms with Crippen LogP contribution in [-0.4, -0.2) is 15.9 Å². The topological polar surface area (TPSA) is 54.9 Å². The van der Waals surface area contributed by atoms with Crippen LogP contribution in [0, 0.1) is 6.92 Å². The maximum Gasteiger partial charge on any atom is 0.223 e. The molecule has 1 saturated carbocycles. The lowest BCUT2D eigenvalue weighted by molar-refractivity contribution is -0.114. The molecule has 2 aromatic rings. The van der Waals surface area contributed by atoms with E-state index in [1.807, 2.05) is 19.2 Å². The second-order valence-corrected chi connectivity index (χ2v) is 6.60. The monoisotopic (exact) mass is 287 g/mol. The predicted molar refractivity (Wildman–Crippen MR) is 81.0 cm³/mol. The van der Waals surface area contributed by atoms with Gasteiger partial charge >= 0.3 is 0 Å². The molecule has 1 amide bonds. The number of amides is 1. The highest BCUT2D eigenvalue weighted by molar-refractivity contribution is 7.19. The van der Waals surface area contributed by atoms with Crippen LogP contribution in [0.3, 0.4) is 0 Å². The number of nitrogens with one attached hydrogen (secondary N) is 1. The van der Waals surface area contributed by atoms with Crippen LogP contribution >= 0.6 is 11.3 Å². The molecule has 4 nitrogen and oxygen atoms in total. The minimum absolute atomic E-state index is 0.0915. The van der Waals surface area contributed by atoms with Crippen molar-refractivity contribution in [1.82, 2.24) is 9.97 Å². The molecular weight excluding hydrogens is 270 g/mol. The van der Waals surface area contributed by atoms with Crippen LogP contribution in [0.2, 0.25) is 0 Å². The molecule has 3 rings (SSSR count). The average Bonchev–Trinajstić information content (AvgIpc) is 3.04. The van der Waals surface area contributed by atoms with Crippen molar-refractivity contribution in [2.45, 2.75) is 39.0 Å². The molecule has 0 spiro atoms. The van der Waals surface area contributed by atoms with Crippen LogP contribution in [0.25, 0.3) is 10.4 Å². The molecule has 2 heterocycles. The summed E-state index contributed by atoms with van der Waals surface area (Å²) in [6.45, 7) is 5.71. The van der Waals surface area contributed by atoms with Crippen LogP contribution in [0.15, 0.2) is 18.3 Å². The van der Waals surface area contributed by atoms with E-state index in [-0.39, 0.29) is 11.3 Å². The van der Waals surface area contributed by atoms with E-state index in [0.717, 1.165) is 21.8 Å². The average molecular weight is 287 g/mol. The van der Waals surface area contributed by atoms with Gasteiger partial charge in [-0.15, -0.1) is 0 Å². The summed E-state index contributed by atoms with van der Waals surface area (Å²) in [6, 6.07) is 4.17. The third-order valence-corrected chi connectivity index (χ3v) is 4.84. The van der Waals surface area contributed by atoms with Crippen molar-refractivity contribution in [3.8, 4) is 10.4 Å². The molecule has 2 aromatic heterocycles. The number of pyridine rings is 1. The summed E-state index contributed by atoms with van der Waals surface area (Å²) in [7, 11) is 0. The van der Waals surface area contributed by atoms with Gasteiger partial charge in [-0.1, -0.05) is 18.3 Å². The molecule has 1 fully saturated rings. The lowest BCUT2D eigenvalue weighted by atomic mass is 10.0. The Morgan fingerprint density at radius 3 is 2.85 bits per heavy atom. The van der Waals surface area contributed by atoms with Crippen molar-refractivity contribution in [3.63, 3.8) is 0 Å². The van der Waals surface area contributed by atoms with Gasteiger partial charge < -0.3 is 5.32 Å². The number of hydrogen-bond acceptors (Lipinski definition) is 4. The van der Waals surface area contributed by atoms with Crippen LogP contribution in [-0.2, 0) is 10.2 Å². The van der Waals surface area contributed by atoms with E-state index >= 15 is 0 Å². The summed E-state index contributed by atoms with van der Waals surface area (Å²) in [6.07, 6.45) is 4.29. The van der Waals surface area contributed by atoms with E-state index in [1.54, 1.807) is 0 Å². The van der Waals surface area contributed by atoms with E-state index in [9.17, 15) is 4.79 Å². The van der Waals surface area contributed by atoms with Gasteiger partial charge in [0.1, 0.15) is 0 Å². The fourth-order valence-electron chi connectivity index (χ4n) is 2.21. The van der Waals surface area contributed by atoms with Gasteiger partial charge in [0.2, 0.25) is 5.91 Å². The fourth-order valence-corrected chi connectivity index (χ4v) is 3.22. The van der Waals surface area contributed by atoms with Crippen molar-refractivity contribution in [1.29, 1.82) is 0 Å². The highest BCUT2D eigenvalue weighted by Gasteiger charge is 2.40. The number of aryl methyl sites for hydroxylation is 1. The summed E-state index contributed by atoms with van der Waals surface area (Å²) in [5.74, 6) is -0.0915. The van der Waals surface area contributed by atoms with E-state index in [1.165, 1.54) is 31.1 Å². The number of rotatable bonds is 3. The van der Waals surface area contributed by atoms with Crippen LogP contribution in [0.1, 0.15) is 38.1 Å². The zero-order valence-electron chi connectivity index (χ0n) is 11.9. The molecule has 0 bridgehead atoms. The molecule has 0 saturated heterocycles. The largest absolute Gasteiger partial charge is 0.302 e. The number of nitrogens with zero attached hydrogens (tertiary/aromatic N) is 2. The number of aromatic nitrogens is 2. The number of carbonyl (C=O) groups is 1. The van der Waals surface area contributed by atoms with Gasteiger partial charge in [-0.2, -0.15) is 0 Å². The number of anilines is 1. The highest BCUT2D eigenvalue weighted by atomic mass is 32.1. The van der Waals surface area contributed by atoms with Crippen molar-refractivity contribution in [2.24, 2.45) is 0 Å². The second-order valence-electron chi connectivity index (χ2n) is 5.61. The van der Waals surface area contributed by atoms with E-state index in [0.29, 0.717) is 5.13 Å². The number of carbonyl (C=O) groups excluding carboxylic acids is 1. The molecular formula is C15H17N3OS. The Morgan fingerprint density at radius 2 is 2.20 bits per heavy atom. The Labute approximate surface area is 122 Å². The van der Waals surface area contributed by atoms with Gasteiger partial charge in [0.05, 0.1) is 10.6 Å². The molecule has 0 aliphatic heterocycles. The normalized spacial score (nSPS) is 15.9. The first kappa shape index (κ1) is 13.2. The molecule has 1 N–H and O–H groups in total. The Bertz CT molecular complexity index is 674. The maximum atomic E-state index is 11.1. The Hall–Kier alpha value is -1.75. The van der Waals surface area contributed by atoms with Crippen molar-refractivity contribution in [3.05, 3.63) is 29.7 Å². The minimum Gasteiger partial charge on any atom is -0.302 e. The fraction of sp³-hybridized carbons (Fsp3) is 0.400. The lowest BCUT2D eigenvalue weighted by Gasteiger charge is -2.08. The van der Waals surface area contributed by atoms with Gasteiger partial charge in [-0.25, -0.2) is 4.98 Å². The molecule has 5 heteroatoms. The third-order valence-electron chi connectivity index (χ3n) is 3.72. The molecule has 0 radical (unpaired) electrons. The maximum absolute atomic E-state index is 11.1. The molecule has 1 aliphatic rings. The Kier molecular flexibility index (Phi) is 3.09. The summed E-state index contributed by atoms with van der Waals surface area (Å²) < 4.78 is 0. The van der Waals surface area contributed by atoms with Crippen LogP contribution in [0.4, 0.5) is 5.13 Å². The van der Waals surface area contributed by atoms with E-state index in [2.05, 4.69) is 28.3 Å². The third kappa shape index (κ3) is 2.45. The van der Waals surface area contributed by atoms with Crippen molar-refractivity contribution in [2.75, 3.05) is 5.32 Å². The van der Waals surface area contributed by atoms with E-state index < -0.39 is 0 Å². The first-order valence-corrected chi connectivity index (χ1v) is 7.51. The SMILES string of the molecule is CC(=O)Nc1nc(C)c(-c2ccnc(C3(C)CC3)c2)s1. The smallest absolute Gasteiger partial charge is 0.223 e. The quantitative estimate of drug-likeness (QED) is 0.939. The minimum atomic E-state index is -0.0915. The second kappa shape index (κ2) is 4.66. The van der Waals surface area contributed by atoms with Crippen molar-refractivity contribution >= 4 is 22.4 Å². The lowest BCUT2D eigenvalue weighted by Crippen LogP contribution is -2.04. The van der Waals surface area contributed by atoms with Gasteiger partial charge in [0.25, 0.3) is 0 Å². The molecule has 0 aromatic carbocycles. The van der Waals surface area contributed by atoms with E-state index in [4.69, 9.17) is 0 Å². The summed E-state index contributed by atoms with van der Waals surface area (Å²) in [5, 5.41) is 3.40. The zero-order chi connectivity index (χ0) is 14.3. The highest BCUT2D eigenvalue weighted by Crippen LogP contribution is 2.47. The summed E-state index contributed by atoms with van der Waals surface area (Å²) in [5.41, 5.74) is 3.49. The first-order valence-electron chi connectivity index (χ1n) is 6.70. The van der Waals surface area contributed by atoms with Crippen LogP contribution in [0.5, 0.6) is 0 Å². The summed E-state index contributed by atoms with van der Waals surface area (Å²) in [4.78, 5) is 21.1. The molecule has 1 aliphatic carbocycles. The number of thiazole rings is 1. The standard InChI is InChI=1S/C15H17N3OS/c1-9-13(20-14(17-9)18-10(2)19)11-4-7-16-12(8-11)15(3)5-6-15/h4,7-8H,5-6H2,1-3H3,(H,17,18,19). The van der Waals surface area contributed by atoms with Gasteiger partial charge in [0, 0.05) is 24.2 Å². The summed E-state index contributed by atoms with van der Waals surface area (Å²) >= 11 is 1.51. The predicted octanol–water partition coefficient (Wildman–Crippen LogP) is 3.52. The molecule has 104 valence electrons. The van der Waals surface area contributed by atoms with Gasteiger partial charge in [-0.05, 0) is 37.5 Å². The molecule has 0 unspecified atom stereocenters. The zero-order valence-corrected chi connectivity index (χ0v) is 12.7. The Morgan fingerprint density at radius 1 is 1.45 bits per heavy atom. The van der Waals surface area contributed by atoms with Gasteiger partial charge in [-0.3, -0.25) is 9.78 Å². The number of hydrogen-bond donors (Lipinski definition) is 1. The molecule has 20 heavy (non-hydrogen) atoms. The first-order chi connectivity index (χ1) is 9.48. The van der Waals surface area contributed by atoms with Gasteiger partial charge in [0.15, 0.2) is 5.13 Å².